The van der Waals surface area contributed by atoms with Crippen molar-refractivity contribution in [1.29, 1.82) is 0 Å². The Morgan fingerprint density at radius 2 is 0.294 bits per heavy atom. The van der Waals surface area contributed by atoms with Crippen molar-refractivity contribution in [2.24, 2.45) is 0 Å². The van der Waals surface area contributed by atoms with E-state index in [9.17, 15) is 50.4 Å². The molecule has 0 amide bonds. The molecular formula is H4F12P4Rh+4. The molecule has 0 aliphatic carbocycles. The summed E-state index contributed by atoms with van der Waals surface area (Å²) in [4.78, 5) is 0. The third-order valence-corrected chi connectivity index (χ3v) is 0. The molecule has 17 heavy (non-hydrogen) atoms. The van der Waals surface area contributed by atoms with E-state index in [0.29, 0.717) is 0 Å². The molecule has 0 aromatic carbocycles. The minimum atomic E-state index is -4.38. The normalized spacial score (nSPS) is 8.47. The van der Waals surface area contributed by atoms with Gasteiger partial charge < -0.3 is 0 Å². The maximum Gasteiger partial charge on any atom is 0.558 e. The fraction of sp³-hybridized carbons (Fsp3) is 0. The first-order valence-electron chi connectivity index (χ1n) is 2.27. The molecule has 0 aromatic rings. The van der Waals surface area contributed by atoms with Crippen LogP contribution in [0.5, 0.6) is 0 Å². The molecule has 0 aliphatic rings. The summed E-state index contributed by atoms with van der Waals surface area (Å²) in [6, 6.07) is 0. The molecule has 0 fully saturated rings. The summed E-state index contributed by atoms with van der Waals surface area (Å²) in [6.45, 7) is 0. The molecule has 1 radical (unpaired) electrons. The monoisotopic (exact) mass is 459 g/mol. The van der Waals surface area contributed by atoms with Crippen molar-refractivity contribution in [3.8, 4) is 0 Å². The van der Waals surface area contributed by atoms with Gasteiger partial charge in [0.1, 0.15) is 0 Å². The van der Waals surface area contributed by atoms with Crippen molar-refractivity contribution in [2.75, 3.05) is 0 Å². The average Bonchev–Trinajstić information content (AvgIpc) is 1.76. The molecule has 113 valence electrons. The molecule has 0 rings (SSSR count). The number of hydrogen-bond acceptors (Lipinski definition) is 0. The largest absolute Gasteiger partial charge is 0.558 e. The second-order valence-corrected chi connectivity index (χ2v) is 2.57. The predicted molar refractivity (Wildman–Crippen MR) is 46.6 cm³/mol. The Bertz CT molecular complexity index is 61.5. The summed E-state index contributed by atoms with van der Waals surface area (Å²) in [5.74, 6) is 0. The van der Waals surface area contributed by atoms with E-state index >= 15 is 0 Å². The molecule has 0 atom stereocenters. The van der Waals surface area contributed by atoms with Crippen LogP contribution in [0.15, 0.2) is 0 Å². The summed E-state index contributed by atoms with van der Waals surface area (Å²) in [5, 5.41) is 0. The van der Waals surface area contributed by atoms with Crippen molar-refractivity contribution >= 4 is 35.4 Å². The minimum absolute atomic E-state index is 0. The van der Waals surface area contributed by atoms with Gasteiger partial charge >= 0.3 is 35.4 Å². The Morgan fingerprint density at radius 1 is 0.294 bits per heavy atom. The summed E-state index contributed by atoms with van der Waals surface area (Å²) < 4.78 is 117. The Kier molecular flexibility index (Phi) is 47.8. The minimum Gasteiger partial charge on any atom is 0 e. The molecule has 0 spiro atoms. The third kappa shape index (κ3) is 1860. The van der Waals surface area contributed by atoms with Crippen LogP contribution in [0.25, 0.3) is 0 Å². The van der Waals surface area contributed by atoms with Crippen molar-refractivity contribution < 1.29 is 69.8 Å². The van der Waals surface area contributed by atoms with Crippen LogP contribution in [-0.4, -0.2) is 0 Å². The van der Waals surface area contributed by atoms with Gasteiger partial charge in [-0.1, -0.05) is 0 Å². The molecule has 17 heteroatoms. The zero-order valence-corrected chi connectivity index (χ0v) is 12.5. The molecule has 0 saturated heterocycles. The van der Waals surface area contributed by atoms with Gasteiger partial charge in [0, 0.05) is 69.8 Å². The number of rotatable bonds is 0. The van der Waals surface area contributed by atoms with E-state index in [-0.39, 0.29) is 19.5 Å². The van der Waals surface area contributed by atoms with Crippen LogP contribution >= 0.6 is 35.4 Å². The summed E-state index contributed by atoms with van der Waals surface area (Å²) >= 11 is 0. The van der Waals surface area contributed by atoms with E-state index in [4.69, 9.17) is 0 Å². The van der Waals surface area contributed by atoms with E-state index in [0.717, 1.165) is 0 Å². The van der Waals surface area contributed by atoms with Crippen molar-refractivity contribution in [3.63, 3.8) is 0 Å². The Labute approximate surface area is 106 Å². The Hall–Kier alpha value is 1.50. The molecular weight excluding hydrogens is 455 g/mol. The zero-order valence-electron chi connectivity index (χ0n) is 6.87. The van der Waals surface area contributed by atoms with Crippen LogP contribution in [0.2, 0.25) is 0 Å². The molecule has 0 heterocycles. The van der Waals surface area contributed by atoms with E-state index in [1.54, 1.807) is 0 Å². The van der Waals surface area contributed by atoms with E-state index in [2.05, 4.69) is 0 Å². The van der Waals surface area contributed by atoms with Crippen molar-refractivity contribution in [1.82, 2.24) is 0 Å². The average molecular weight is 459 g/mol. The maximum absolute atomic E-state index is 9.77. The zero-order chi connectivity index (χ0) is 14.3. The van der Waals surface area contributed by atoms with Gasteiger partial charge in [0.25, 0.3) is 0 Å². The first kappa shape index (κ1) is 31.1. The summed E-state index contributed by atoms with van der Waals surface area (Å²) in [6.07, 6.45) is 0. The summed E-state index contributed by atoms with van der Waals surface area (Å²) in [7, 11) is -17.5. The van der Waals surface area contributed by atoms with Crippen LogP contribution in [0.3, 0.4) is 0 Å². The SMILES string of the molecule is F[PH+](F)F.F[PH+](F)F.F[PH+](F)F.F[PH+](F)F.[Rh]. The fourth-order valence-corrected chi connectivity index (χ4v) is 0. The molecule has 0 nitrogen and oxygen atoms in total. The second kappa shape index (κ2) is 26.1. The van der Waals surface area contributed by atoms with Gasteiger partial charge in [-0.25, -0.2) is 0 Å². The molecule has 0 aliphatic heterocycles. The van der Waals surface area contributed by atoms with Gasteiger partial charge in [0.15, 0.2) is 0 Å². The Balaban J connectivity index is -0.0000000369. The van der Waals surface area contributed by atoms with Gasteiger partial charge in [-0.05, 0) is 0 Å². The van der Waals surface area contributed by atoms with Crippen molar-refractivity contribution in [2.45, 2.75) is 0 Å². The molecule has 0 unspecified atom stereocenters. The molecule has 0 saturated carbocycles. The smallest absolute Gasteiger partial charge is 0 e. The number of hydrogen-bond donors (Lipinski definition) is 0. The molecule has 0 bridgehead atoms. The standard InChI is InChI=1S/4F3HP.Rh/c4*1-4(2)3;/h4*4H;/q4*+1;. The van der Waals surface area contributed by atoms with E-state index in [1.165, 1.54) is 0 Å². The first-order valence-corrected chi connectivity index (χ1v) is 6.80. The topological polar surface area (TPSA) is 0 Å². The number of halogens is 12. The van der Waals surface area contributed by atoms with Crippen LogP contribution < -0.4 is 0 Å². The van der Waals surface area contributed by atoms with E-state index in [1.807, 2.05) is 0 Å². The van der Waals surface area contributed by atoms with Gasteiger partial charge in [0.05, 0.1) is 0 Å². The molecule has 0 N–H and O–H groups in total. The van der Waals surface area contributed by atoms with Crippen LogP contribution in [0.1, 0.15) is 0 Å². The van der Waals surface area contributed by atoms with Crippen LogP contribution in [0, 0.1) is 0 Å². The first-order chi connectivity index (χ1) is 6.93. The Morgan fingerprint density at radius 3 is 0.294 bits per heavy atom. The third-order valence-electron chi connectivity index (χ3n) is 0. The predicted octanol–water partition coefficient (Wildman–Crippen LogP) is 7.41. The quantitative estimate of drug-likeness (QED) is 0.201. The van der Waals surface area contributed by atoms with Gasteiger partial charge in [-0.2, -0.15) is 0 Å². The van der Waals surface area contributed by atoms with E-state index < -0.39 is 35.4 Å². The summed E-state index contributed by atoms with van der Waals surface area (Å²) in [5.41, 5.74) is 0. The van der Waals surface area contributed by atoms with Crippen LogP contribution in [-0.2, 0) is 19.5 Å². The van der Waals surface area contributed by atoms with Gasteiger partial charge in [-0.3, -0.25) is 0 Å². The van der Waals surface area contributed by atoms with Gasteiger partial charge in [-0.15, -0.1) is 0 Å². The second-order valence-electron chi connectivity index (χ2n) is 0.857. The molecule has 0 aromatic heterocycles. The van der Waals surface area contributed by atoms with Gasteiger partial charge in [0.2, 0.25) is 0 Å². The van der Waals surface area contributed by atoms with Crippen molar-refractivity contribution in [3.05, 3.63) is 0 Å². The maximum atomic E-state index is 9.77. The van der Waals surface area contributed by atoms with Crippen LogP contribution in [0.4, 0.5) is 50.4 Å². The fourth-order valence-electron chi connectivity index (χ4n) is 0.